The van der Waals surface area contributed by atoms with Gasteiger partial charge in [0, 0.05) is 16.3 Å². The number of carbonyl (C=O) groups excluding carboxylic acids is 1. The predicted octanol–water partition coefficient (Wildman–Crippen LogP) is 2.51. The molecule has 94 valence electrons. The highest BCUT2D eigenvalue weighted by Gasteiger charge is 2.13. The molecule has 2 rings (SSSR count). The van der Waals surface area contributed by atoms with Crippen LogP contribution in [-0.4, -0.2) is 17.6 Å². The molecule has 4 nitrogen and oxygen atoms in total. The van der Waals surface area contributed by atoms with Crippen LogP contribution < -0.4 is 5.73 Å². The van der Waals surface area contributed by atoms with Gasteiger partial charge in [0.2, 0.25) is 0 Å². The lowest BCUT2D eigenvalue weighted by Gasteiger charge is -2.07. The van der Waals surface area contributed by atoms with Gasteiger partial charge in [-0.15, -0.1) is 0 Å². The second-order valence-electron chi connectivity index (χ2n) is 3.90. The molecule has 0 amide bonds. The Kier molecular flexibility index (Phi) is 3.90. The van der Waals surface area contributed by atoms with Gasteiger partial charge in [0.1, 0.15) is 5.69 Å². The highest BCUT2D eigenvalue weighted by molar-refractivity contribution is 14.1. The van der Waals surface area contributed by atoms with Crippen LogP contribution in [0.2, 0.25) is 0 Å². The number of nitrogens with zero attached hydrogens (tertiary/aromatic N) is 1. The minimum absolute atomic E-state index is 0.378. The summed E-state index contributed by atoms with van der Waals surface area (Å²) in [5.41, 5.74) is 7.85. The molecule has 0 radical (unpaired) electrons. The van der Waals surface area contributed by atoms with Crippen molar-refractivity contribution >= 4 is 34.2 Å². The zero-order valence-corrected chi connectivity index (χ0v) is 12.0. The molecule has 1 aromatic heterocycles. The first-order valence-corrected chi connectivity index (χ1v) is 6.46. The highest BCUT2D eigenvalue weighted by Crippen LogP contribution is 2.15. The Labute approximate surface area is 119 Å². The number of carbonyl (C=O) groups is 1. The molecular weight excluding hydrogens is 343 g/mol. The van der Waals surface area contributed by atoms with Gasteiger partial charge in [0.05, 0.1) is 12.8 Å². The zero-order valence-electron chi connectivity index (χ0n) is 9.89. The van der Waals surface area contributed by atoms with Crippen molar-refractivity contribution in [3.05, 3.63) is 51.4 Å². The fourth-order valence-electron chi connectivity index (χ4n) is 1.73. The van der Waals surface area contributed by atoms with Crippen molar-refractivity contribution in [2.45, 2.75) is 6.54 Å². The number of esters is 1. The molecule has 0 saturated carbocycles. The van der Waals surface area contributed by atoms with Crippen molar-refractivity contribution in [1.29, 1.82) is 0 Å². The van der Waals surface area contributed by atoms with Crippen LogP contribution in [0.1, 0.15) is 16.1 Å². The third-order valence-corrected chi connectivity index (χ3v) is 3.30. The van der Waals surface area contributed by atoms with Gasteiger partial charge in [0.25, 0.3) is 0 Å². The zero-order chi connectivity index (χ0) is 13.1. The molecule has 2 aromatic rings. The van der Waals surface area contributed by atoms with Gasteiger partial charge in [-0.3, -0.25) is 0 Å². The van der Waals surface area contributed by atoms with Crippen LogP contribution in [-0.2, 0) is 11.3 Å². The summed E-state index contributed by atoms with van der Waals surface area (Å²) < 4.78 is 7.70. The van der Waals surface area contributed by atoms with Crippen LogP contribution in [0, 0.1) is 3.57 Å². The molecular formula is C13H13IN2O2. The van der Waals surface area contributed by atoms with Crippen molar-refractivity contribution in [1.82, 2.24) is 4.57 Å². The molecule has 0 spiro atoms. The van der Waals surface area contributed by atoms with Gasteiger partial charge in [-0.25, -0.2) is 4.79 Å². The van der Waals surface area contributed by atoms with E-state index in [9.17, 15) is 4.79 Å². The normalized spacial score (nSPS) is 10.3. The van der Waals surface area contributed by atoms with Gasteiger partial charge in [-0.05, 0) is 46.4 Å². The number of anilines is 1. The number of nitrogen functional groups attached to an aromatic ring is 1. The van der Waals surface area contributed by atoms with E-state index in [1.165, 1.54) is 10.7 Å². The van der Waals surface area contributed by atoms with Crippen molar-refractivity contribution in [3.8, 4) is 0 Å². The number of methoxy groups -OCH3 is 1. The minimum atomic E-state index is -0.378. The fraction of sp³-hybridized carbons (Fsp3) is 0.154. The molecule has 18 heavy (non-hydrogen) atoms. The second kappa shape index (κ2) is 5.43. The lowest BCUT2D eigenvalue weighted by Crippen LogP contribution is -2.10. The van der Waals surface area contributed by atoms with E-state index in [0.29, 0.717) is 17.9 Å². The van der Waals surface area contributed by atoms with Crippen LogP contribution in [0.15, 0.2) is 36.5 Å². The third kappa shape index (κ3) is 2.84. The van der Waals surface area contributed by atoms with Gasteiger partial charge in [-0.1, -0.05) is 12.1 Å². The fourth-order valence-corrected chi connectivity index (χ4v) is 2.09. The van der Waals surface area contributed by atoms with Crippen LogP contribution in [0.3, 0.4) is 0 Å². The monoisotopic (exact) mass is 356 g/mol. The summed E-state index contributed by atoms with van der Waals surface area (Å²) in [6, 6.07) is 9.73. The van der Waals surface area contributed by atoms with Gasteiger partial charge >= 0.3 is 5.97 Å². The standard InChI is InChI=1S/C13H13IN2O2/c1-18-13(17)12-6-11(15)8-16(12)7-9-2-4-10(14)5-3-9/h2-6,8H,7,15H2,1H3. The summed E-state index contributed by atoms with van der Waals surface area (Å²) >= 11 is 2.25. The number of aromatic nitrogens is 1. The van der Waals surface area contributed by atoms with Crippen LogP contribution >= 0.6 is 22.6 Å². The molecule has 0 aliphatic carbocycles. The van der Waals surface area contributed by atoms with E-state index in [2.05, 4.69) is 22.6 Å². The van der Waals surface area contributed by atoms with E-state index < -0.39 is 0 Å². The Bertz CT molecular complexity index is 561. The number of benzene rings is 1. The van der Waals surface area contributed by atoms with E-state index in [1.807, 2.05) is 24.3 Å². The molecule has 2 N–H and O–H groups in total. The van der Waals surface area contributed by atoms with E-state index in [1.54, 1.807) is 16.8 Å². The summed E-state index contributed by atoms with van der Waals surface area (Å²) in [6.07, 6.45) is 1.74. The maximum absolute atomic E-state index is 11.6. The maximum atomic E-state index is 11.6. The van der Waals surface area contributed by atoms with Gasteiger partial charge in [0.15, 0.2) is 0 Å². The first kappa shape index (κ1) is 12.9. The van der Waals surface area contributed by atoms with Crippen LogP contribution in [0.25, 0.3) is 0 Å². The third-order valence-electron chi connectivity index (χ3n) is 2.58. The van der Waals surface area contributed by atoms with Crippen LogP contribution in [0.4, 0.5) is 5.69 Å². The Morgan fingerprint density at radius 1 is 1.39 bits per heavy atom. The number of nitrogens with two attached hydrogens (primary N) is 1. The summed E-state index contributed by atoms with van der Waals surface area (Å²) in [4.78, 5) is 11.6. The molecule has 5 heteroatoms. The molecule has 0 saturated heterocycles. The Morgan fingerprint density at radius 3 is 2.67 bits per heavy atom. The largest absolute Gasteiger partial charge is 0.464 e. The first-order chi connectivity index (χ1) is 8.60. The molecule has 0 bridgehead atoms. The number of hydrogen-bond acceptors (Lipinski definition) is 3. The second-order valence-corrected chi connectivity index (χ2v) is 5.15. The topological polar surface area (TPSA) is 57.2 Å². The summed E-state index contributed by atoms with van der Waals surface area (Å²) in [7, 11) is 1.36. The molecule has 1 aromatic carbocycles. The minimum Gasteiger partial charge on any atom is -0.464 e. The molecule has 0 fully saturated rings. The number of rotatable bonds is 3. The quantitative estimate of drug-likeness (QED) is 0.679. The van der Waals surface area contributed by atoms with Crippen molar-refractivity contribution in [2.75, 3.05) is 12.8 Å². The molecule has 0 atom stereocenters. The van der Waals surface area contributed by atoms with Crippen molar-refractivity contribution < 1.29 is 9.53 Å². The average Bonchev–Trinajstić information content (AvgIpc) is 2.72. The first-order valence-electron chi connectivity index (χ1n) is 5.38. The van der Waals surface area contributed by atoms with E-state index >= 15 is 0 Å². The number of halogens is 1. The Balaban J connectivity index is 2.28. The average molecular weight is 356 g/mol. The van der Waals surface area contributed by atoms with E-state index in [0.717, 1.165) is 5.56 Å². The smallest absolute Gasteiger partial charge is 0.354 e. The van der Waals surface area contributed by atoms with E-state index in [4.69, 9.17) is 10.5 Å². The maximum Gasteiger partial charge on any atom is 0.354 e. The van der Waals surface area contributed by atoms with Crippen molar-refractivity contribution in [3.63, 3.8) is 0 Å². The lowest BCUT2D eigenvalue weighted by molar-refractivity contribution is 0.0589. The van der Waals surface area contributed by atoms with Gasteiger partial charge in [-0.2, -0.15) is 0 Å². The summed E-state index contributed by atoms with van der Waals surface area (Å²) in [5, 5.41) is 0. The molecule has 1 heterocycles. The van der Waals surface area contributed by atoms with E-state index in [-0.39, 0.29) is 5.97 Å². The van der Waals surface area contributed by atoms with Gasteiger partial charge < -0.3 is 15.0 Å². The number of hydrogen-bond donors (Lipinski definition) is 1. The summed E-state index contributed by atoms with van der Waals surface area (Å²) in [5.74, 6) is -0.378. The van der Waals surface area contributed by atoms with Crippen molar-refractivity contribution in [2.24, 2.45) is 0 Å². The number of ether oxygens (including phenoxy) is 1. The molecule has 0 unspecified atom stereocenters. The Hall–Kier alpha value is -1.50. The van der Waals surface area contributed by atoms with Crippen LogP contribution in [0.5, 0.6) is 0 Å². The predicted molar refractivity (Wildman–Crippen MR) is 78.4 cm³/mol. The SMILES string of the molecule is COC(=O)c1cc(N)cn1Cc1ccc(I)cc1. The molecule has 0 aliphatic heterocycles. The Morgan fingerprint density at radius 2 is 2.06 bits per heavy atom. The molecule has 0 aliphatic rings. The summed E-state index contributed by atoms with van der Waals surface area (Å²) in [6.45, 7) is 0.596. The lowest BCUT2D eigenvalue weighted by atomic mass is 10.2. The highest BCUT2D eigenvalue weighted by atomic mass is 127.